The molecule has 1 rings (SSSR count). The van der Waals surface area contributed by atoms with Crippen molar-refractivity contribution in [1.82, 2.24) is 0 Å². The van der Waals surface area contributed by atoms with Crippen molar-refractivity contribution in [3.63, 3.8) is 0 Å². The molecule has 0 aromatic rings. The van der Waals surface area contributed by atoms with Crippen LogP contribution in [0.1, 0.15) is 19.8 Å². The lowest BCUT2D eigenvalue weighted by Gasteiger charge is -2.06. The van der Waals surface area contributed by atoms with Gasteiger partial charge in [0, 0.05) is 12.0 Å². The lowest BCUT2D eigenvalue weighted by molar-refractivity contribution is -0.132. The molecule has 0 aromatic heterocycles. The Morgan fingerprint density at radius 3 is 2.64 bits per heavy atom. The summed E-state index contributed by atoms with van der Waals surface area (Å²) in [6.07, 6.45) is 1.32. The summed E-state index contributed by atoms with van der Waals surface area (Å²) in [6, 6.07) is 0. The van der Waals surface area contributed by atoms with E-state index >= 15 is 0 Å². The molecule has 0 amide bonds. The molecule has 1 fully saturated rings. The highest BCUT2D eigenvalue weighted by molar-refractivity contribution is 5.86. The van der Waals surface area contributed by atoms with E-state index in [1.165, 1.54) is 0 Å². The molecular formula is C8H12O3. The third-order valence-electron chi connectivity index (χ3n) is 2.03. The molecule has 0 saturated carbocycles. The van der Waals surface area contributed by atoms with Crippen molar-refractivity contribution in [2.24, 2.45) is 0 Å². The highest BCUT2D eigenvalue weighted by Gasteiger charge is 2.43. The van der Waals surface area contributed by atoms with E-state index in [0.717, 1.165) is 6.42 Å². The molecule has 11 heavy (non-hydrogen) atoms. The molecule has 1 aliphatic heterocycles. The molecule has 1 aliphatic rings. The number of epoxide rings is 1. The molecule has 1 N–H and O–H groups in total. The number of hydrogen-bond acceptors (Lipinski definition) is 2. The van der Waals surface area contributed by atoms with E-state index in [1.807, 2.05) is 6.92 Å². The number of ether oxygens (including phenoxy) is 1. The number of carbonyl (C=O) groups is 1. The SMILES string of the molecule is C=C(CC1(CC)CO1)C(=O)O. The maximum atomic E-state index is 10.4. The number of carboxylic acids is 1. The van der Waals surface area contributed by atoms with Crippen molar-refractivity contribution < 1.29 is 14.6 Å². The van der Waals surface area contributed by atoms with E-state index in [9.17, 15) is 4.79 Å². The van der Waals surface area contributed by atoms with Crippen LogP contribution in [0.2, 0.25) is 0 Å². The van der Waals surface area contributed by atoms with Gasteiger partial charge in [-0.1, -0.05) is 13.5 Å². The van der Waals surface area contributed by atoms with Crippen LogP contribution in [0.15, 0.2) is 12.2 Å². The molecule has 0 radical (unpaired) electrons. The van der Waals surface area contributed by atoms with Gasteiger partial charge in [-0.2, -0.15) is 0 Å². The molecule has 0 aliphatic carbocycles. The molecule has 0 bridgehead atoms. The summed E-state index contributed by atoms with van der Waals surface area (Å²) in [5.74, 6) is -0.923. The van der Waals surface area contributed by atoms with Gasteiger partial charge in [-0.3, -0.25) is 0 Å². The molecule has 0 spiro atoms. The van der Waals surface area contributed by atoms with Crippen LogP contribution in [0.25, 0.3) is 0 Å². The molecule has 0 aromatic carbocycles. The Labute approximate surface area is 65.7 Å². The topological polar surface area (TPSA) is 49.8 Å². The quantitative estimate of drug-likeness (QED) is 0.491. The zero-order chi connectivity index (χ0) is 8.48. The fourth-order valence-corrected chi connectivity index (χ4v) is 0.998. The molecule has 1 saturated heterocycles. The largest absolute Gasteiger partial charge is 0.478 e. The van der Waals surface area contributed by atoms with Gasteiger partial charge in [0.2, 0.25) is 0 Å². The Morgan fingerprint density at radius 2 is 2.36 bits per heavy atom. The summed E-state index contributed by atoms with van der Waals surface area (Å²) in [7, 11) is 0. The average molecular weight is 156 g/mol. The highest BCUT2D eigenvalue weighted by Crippen LogP contribution is 2.36. The minimum absolute atomic E-state index is 0.185. The van der Waals surface area contributed by atoms with Crippen molar-refractivity contribution in [2.75, 3.05) is 6.61 Å². The minimum Gasteiger partial charge on any atom is -0.478 e. The van der Waals surface area contributed by atoms with E-state index in [1.54, 1.807) is 0 Å². The molecule has 1 atom stereocenters. The summed E-state index contributed by atoms with van der Waals surface area (Å²) >= 11 is 0. The Bertz CT molecular complexity index is 192. The minimum atomic E-state index is -0.923. The predicted molar refractivity (Wildman–Crippen MR) is 40.4 cm³/mol. The van der Waals surface area contributed by atoms with E-state index < -0.39 is 5.97 Å². The van der Waals surface area contributed by atoms with Crippen molar-refractivity contribution in [3.05, 3.63) is 12.2 Å². The van der Waals surface area contributed by atoms with Crippen molar-refractivity contribution in [2.45, 2.75) is 25.4 Å². The fraction of sp³-hybridized carbons (Fsp3) is 0.625. The fourth-order valence-electron chi connectivity index (χ4n) is 0.998. The number of hydrogen-bond donors (Lipinski definition) is 1. The Kier molecular flexibility index (Phi) is 2.00. The first-order valence-electron chi connectivity index (χ1n) is 3.65. The van der Waals surface area contributed by atoms with E-state index in [0.29, 0.717) is 13.0 Å². The van der Waals surface area contributed by atoms with E-state index in [4.69, 9.17) is 9.84 Å². The Balaban J connectivity index is 2.42. The van der Waals surface area contributed by atoms with Gasteiger partial charge >= 0.3 is 5.97 Å². The summed E-state index contributed by atoms with van der Waals surface area (Å²) in [5, 5.41) is 8.51. The van der Waals surface area contributed by atoms with Gasteiger partial charge < -0.3 is 9.84 Å². The van der Waals surface area contributed by atoms with Gasteiger partial charge in [0.05, 0.1) is 12.2 Å². The van der Waals surface area contributed by atoms with Crippen LogP contribution in [0.4, 0.5) is 0 Å². The normalized spacial score (nSPS) is 28.1. The zero-order valence-corrected chi connectivity index (χ0v) is 6.59. The third kappa shape index (κ3) is 1.80. The van der Waals surface area contributed by atoms with Gasteiger partial charge in [-0.25, -0.2) is 4.79 Å². The van der Waals surface area contributed by atoms with Crippen molar-refractivity contribution in [3.8, 4) is 0 Å². The lowest BCUT2D eigenvalue weighted by Crippen LogP contribution is -2.13. The van der Waals surface area contributed by atoms with Crippen LogP contribution in [0.3, 0.4) is 0 Å². The monoisotopic (exact) mass is 156 g/mol. The number of carboxylic acid groups (broad SMARTS) is 1. The number of aliphatic carboxylic acids is 1. The molecule has 1 unspecified atom stereocenters. The van der Waals surface area contributed by atoms with Crippen LogP contribution in [0, 0.1) is 0 Å². The smallest absolute Gasteiger partial charge is 0.331 e. The van der Waals surface area contributed by atoms with Crippen LogP contribution in [-0.4, -0.2) is 23.3 Å². The first kappa shape index (κ1) is 8.27. The molecule has 3 heteroatoms. The van der Waals surface area contributed by atoms with E-state index in [2.05, 4.69) is 6.58 Å². The van der Waals surface area contributed by atoms with Gasteiger partial charge in [0.1, 0.15) is 0 Å². The van der Waals surface area contributed by atoms with Gasteiger partial charge in [0.25, 0.3) is 0 Å². The van der Waals surface area contributed by atoms with Crippen LogP contribution >= 0.6 is 0 Å². The lowest BCUT2D eigenvalue weighted by atomic mass is 9.99. The predicted octanol–water partition coefficient (Wildman–Crippen LogP) is 1.20. The first-order valence-corrected chi connectivity index (χ1v) is 3.65. The first-order chi connectivity index (χ1) is 5.09. The summed E-state index contributed by atoms with van der Waals surface area (Å²) in [6.45, 7) is 6.11. The molecule has 1 heterocycles. The summed E-state index contributed by atoms with van der Waals surface area (Å²) < 4.78 is 5.14. The second-order valence-electron chi connectivity index (χ2n) is 2.91. The van der Waals surface area contributed by atoms with Crippen molar-refractivity contribution in [1.29, 1.82) is 0 Å². The van der Waals surface area contributed by atoms with Crippen LogP contribution in [0.5, 0.6) is 0 Å². The second-order valence-corrected chi connectivity index (χ2v) is 2.91. The highest BCUT2D eigenvalue weighted by atomic mass is 16.6. The number of rotatable bonds is 4. The van der Waals surface area contributed by atoms with E-state index in [-0.39, 0.29) is 11.2 Å². The molecule has 62 valence electrons. The molecular weight excluding hydrogens is 144 g/mol. The van der Waals surface area contributed by atoms with Gasteiger partial charge in [0.15, 0.2) is 0 Å². The standard InChI is InChI=1S/C8H12O3/c1-3-8(5-11-8)4-6(2)7(9)10/h2-5H2,1H3,(H,9,10). The maximum absolute atomic E-state index is 10.4. The van der Waals surface area contributed by atoms with Gasteiger partial charge in [-0.15, -0.1) is 0 Å². The van der Waals surface area contributed by atoms with Crippen LogP contribution in [-0.2, 0) is 9.53 Å². The Morgan fingerprint density at radius 1 is 1.82 bits per heavy atom. The second kappa shape index (κ2) is 2.66. The Hall–Kier alpha value is -0.830. The summed E-state index contributed by atoms with van der Waals surface area (Å²) in [5.41, 5.74) is 0.0551. The maximum Gasteiger partial charge on any atom is 0.331 e. The average Bonchev–Trinajstić information content (AvgIpc) is 2.69. The summed E-state index contributed by atoms with van der Waals surface area (Å²) in [4.78, 5) is 10.4. The van der Waals surface area contributed by atoms with Crippen molar-refractivity contribution >= 4 is 5.97 Å². The third-order valence-corrected chi connectivity index (χ3v) is 2.03. The van der Waals surface area contributed by atoms with Crippen LogP contribution < -0.4 is 0 Å². The molecule has 3 nitrogen and oxygen atoms in total. The van der Waals surface area contributed by atoms with Gasteiger partial charge in [-0.05, 0) is 6.42 Å². The zero-order valence-electron chi connectivity index (χ0n) is 6.59.